The molecule has 0 bridgehead atoms. The maximum absolute atomic E-state index is 12.8. The molecule has 0 saturated heterocycles. The standard InChI is InChI=1S/C20H18O7/c21-12-7-8-16(23)19(25)11(12)9-13(22)18(24)20(19)26-14-5-1-3-10-4-2-6-15(27-20)17(10)14/h1-6,9,12-13,18,21-22,24-25H,7-8H2/t12-,13-,18-,19-/m0/s1. The van der Waals surface area contributed by atoms with Crippen LogP contribution in [0, 0.1) is 0 Å². The number of hydrogen-bond donors (Lipinski definition) is 4. The molecule has 2 aromatic carbocycles. The van der Waals surface area contributed by atoms with E-state index in [2.05, 4.69) is 0 Å². The molecular formula is C20H18O7. The molecule has 27 heavy (non-hydrogen) atoms. The third kappa shape index (κ3) is 1.92. The summed E-state index contributed by atoms with van der Waals surface area (Å²) in [5.74, 6) is -2.33. The minimum Gasteiger partial charge on any atom is -0.446 e. The summed E-state index contributed by atoms with van der Waals surface area (Å²) in [5, 5.41) is 44.5. The van der Waals surface area contributed by atoms with Crippen LogP contribution in [0.25, 0.3) is 10.8 Å². The van der Waals surface area contributed by atoms with Crippen molar-refractivity contribution in [3.05, 3.63) is 48.0 Å². The van der Waals surface area contributed by atoms with Crippen molar-refractivity contribution in [1.29, 1.82) is 0 Å². The fraction of sp³-hybridized carbons (Fsp3) is 0.350. The topological polar surface area (TPSA) is 116 Å². The summed E-state index contributed by atoms with van der Waals surface area (Å²) in [6.45, 7) is 0. The summed E-state index contributed by atoms with van der Waals surface area (Å²) in [7, 11) is 0. The quantitative estimate of drug-likeness (QED) is 0.497. The van der Waals surface area contributed by atoms with Crippen molar-refractivity contribution in [3.8, 4) is 11.5 Å². The zero-order valence-electron chi connectivity index (χ0n) is 14.2. The highest BCUT2D eigenvalue weighted by atomic mass is 16.7. The Balaban J connectivity index is 1.78. The van der Waals surface area contributed by atoms with Gasteiger partial charge in [-0.3, -0.25) is 4.79 Å². The van der Waals surface area contributed by atoms with Crippen molar-refractivity contribution >= 4 is 16.6 Å². The van der Waals surface area contributed by atoms with Crippen LogP contribution in [0.4, 0.5) is 0 Å². The van der Waals surface area contributed by atoms with Crippen LogP contribution >= 0.6 is 0 Å². The average molecular weight is 370 g/mol. The van der Waals surface area contributed by atoms with Crippen LogP contribution in [-0.2, 0) is 4.79 Å². The van der Waals surface area contributed by atoms with E-state index in [9.17, 15) is 25.2 Å². The Bertz CT molecular complexity index is 956. The lowest BCUT2D eigenvalue weighted by atomic mass is 9.66. The highest BCUT2D eigenvalue weighted by molar-refractivity contribution is 5.97. The first kappa shape index (κ1) is 16.7. The van der Waals surface area contributed by atoms with Gasteiger partial charge in [0.2, 0.25) is 5.60 Å². The molecule has 5 rings (SSSR count). The number of benzene rings is 2. The Kier molecular flexibility index (Phi) is 3.28. The van der Waals surface area contributed by atoms with Crippen molar-refractivity contribution in [1.82, 2.24) is 0 Å². The third-order valence-corrected chi connectivity index (χ3v) is 5.74. The number of aliphatic hydroxyl groups excluding tert-OH is 3. The summed E-state index contributed by atoms with van der Waals surface area (Å²) >= 11 is 0. The molecule has 7 nitrogen and oxygen atoms in total. The van der Waals surface area contributed by atoms with E-state index >= 15 is 0 Å². The second-order valence-corrected chi connectivity index (χ2v) is 7.23. The molecule has 1 spiro atoms. The molecule has 1 heterocycles. The van der Waals surface area contributed by atoms with Gasteiger partial charge in [-0.05, 0) is 30.0 Å². The van der Waals surface area contributed by atoms with Gasteiger partial charge in [0.15, 0.2) is 11.9 Å². The van der Waals surface area contributed by atoms with Crippen LogP contribution in [0.2, 0.25) is 0 Å². The Morgan fingerprint density at radius 3 is 2.26 bits per heavy atom. The van der Waals surface area contributed by atoms with Crippen LogP contribution in [0.1, 0.15) is 12.8 Å². The molecule has 2 aliphatic carbocycles. The number of fused-ring (bicyclic) bond motifs is 2. The first-order valence-electron chi connectivity index (χ1n) is 8.80. The molecule has 4 atom stereocenters. The van der Waals surface area contributed by atoms with Crippen molar-refractivity contribution in [3.63, 3.8) is 0 Å². The van der Waals surface area contributed by atoms with Crippen molar-refractivity contribution in [2.75, 3.05) is 0 Å². The summed E-state index contributed by atoms with van der Waals surface area (Å²) < 4.78 is 11.9. The van der Waals surface area contributed by atoms with Crippen LogP contribution in [0.15, 0.2) is 48.0 Å². The van der Waals surface area contributed by atoms with Gasteiger partial charge in [0.1, 0.15) is 17.6 Å². The molecule has 1 aliphatic heterocycles. The Labute approximate surface area is 154 Å². The molecule has 0 unspecified atom stereocenters. The van der Waals surface area contributed by atoms with Crippen LogP contribution in [0.3, 0.4) is 0 Å². The van der Waals surface area contributed by atoms with E-state index in [1.54, 1.807) is 24.3 Å². The lowest BCUT2D eigenvalue weighted by Gasteiger charge is -2.54. The van der Waals surface area contributed by atoms with Crippen LogP contribution in [-0.4, -0.2) is 55.9 Å². The lowest BCUT2D eigenvalue weighted by Crippen LogP contribution is -2.78. The number of carbonyl (C=O) groups is 1. The van der Waals surface area contributed by atoms with Gasteiger partial charge in [-0.25, -0.2) is 0 Å². The van der Waals surface area contributed by atoms with Crippen molar-refractivity contribution < 1.29 is 34.7 Å². The smallest absolute Gasteiger partial charge is 0.320 e. The number of hydrogen-bond acceptors (Lipinski definition) is 7. The van der Waals surface area contributed by atoms with E-state index in [1.165, 1.54) is 0 Å². The minimum absolute atomic E-state index is 0.108. The zero-order valence-corrected chi connectivity index (χ0v) is 14.2. The number of ketones is 1. The maximum Gasteiger partial charge on any atom is 0.320 e. The van der Waals surface area contributed by atoms with E-state index in [1.807, 2.05) is 12.1 Å². The molecule has 2 aromatic rings. The summed E-state index contributed by atoms with van der Waals surface area (Å²) in [5.41, 5.74) is -2.54. The third-order valence-electron chi connectivity index (χ3n) is 5.74. The molecule has 140 valence electrons. The molecule has 0 radical (unpaired) electrons. The van der Waals surface area contributed by atoms with Crippen LogP contribution in [0.5, 0.6) is 11.5 Å². The summed E-state index contributed by atoms with van der Waals surface area (Å²) in [6.07, 6.45) is -3.30. The highest BCUT2D eigenvalue weighted by Gasteiger charge is 2.72. The second kappa shape index (κ2) is 5.30. The average Bonchev–Trinajstić information content (AvgIpc) is 2.66. The van der Waals surface area contributed by atoms with E-state index < -0.39 is 35.5 Å². The monoisotopic (exact) mass is 370 g/mol. The normalized spacial score (nSPS) is 33.9. The predicted octanol–water partition coefficient (Wildman–Crippen LogP) is 0.424. The highest BCUT2D eigenvalue weighted by Crippen LogP contribution is 2.52. The first-order valence-corrected chi connectivity index (χ1v) is 8.80. The Morgan fingerprint density at radius 2 is 1.63 bits per heavy atom. The van der Waals surface area contributed by atoms with Gasteiger partial charge in [0.05, 0.1) is 11.5 Å². The maximum atomic E-state index is 12.8. The molecule has 4 N–H and O–H groups in total. The van der Waals surface area contributed by atoms with Gasteiger partial charge >= 0.3 is 5.79 Å². The fourth-order valence-corrected chi connectivity index (χ4v) is 4.41. The second-order valence-electron chi connectivity index (χ2n) is 7.23. The molecule has 1 saturated carbocycles. The number of ether oxygens (including phenoxy) is 2. The molecule has 0 amide bonds. The fourth-order valence-electron chi connectivity index (χ4n) is 4.41. The molecule has 7 heteroatoms. The number of aliphatic hydroxyl groups is 4. The van der Waals surface area contributed by atoms with E-state index in [-0.39, 0.29) is 18.4 Å². The summed E-state index contributed by atoms with van der Waals surface area (Å²) in [6, 6.07) is 10.5. The van der Waals surface area contributed by atoms with Gasteiger partial charge in [0, 0.05) is 12.0 Å². The van der Waals surface area contributed by atoms with Gasteiger partial charge in [-0.1, -0.05) is 24.3 Å². The van der Waals surface area contributed by atoms with Gasteiger partial charge in [0.25, 0.3) is 0 Å². The van der Waals surface area contributed by atoms with E-state index in [0.29, 0.717) is 16.9 Å². The van der Waals surface area contributed by atoms with Gasteiger partial charge in [-0.2, -0.15) is 0 Å². The number of carbonyl (C=O) groups excluding carboxylic acids is 1. The number of Topliss-reactive ketones (excluding diaryl/α,β-unsaturated/α-hetero) is 1. The van der Waals surface area contributed by atoms with E-state index in [4.69, 9.17) is 9.47 Å². The van der Waals surface area contributed by atoms with E-state index in [0.717, 1.165) is 11.5 Å². The largest absolute Gasteiger partial charge is 0.446 e. The molecule has 3 aliphatic rings. The molecular weight excluding hydrogens is 352 g/mol. The Hall–Kier alpha value is -2.45. The van der Waals surface area contributed by atoms with Crippen molar-refractivity contribution in [2.24, 2.45) is 0 Å². The number of rotatable bonds is 0. The first-order chi connectivity index (χ1) is 12.9. The molecule has 0 aromatic heterocycles. The summed E-state index contributed by atoms with van der Waals surface area (Å²) in [4.78, 5) is 12.8. The van der Waals surface area contributed by atoms with Crippen molar-refractivity contribution in [2.45, 2.75) is 42.5 Å². The van der Waals surface area contributed by atoms with Gasteiger partial charge in [-0.15, -0.1) is 0 Å². The Morgan fingerprint density at radius 1 is 1.00 bits per heavy atom. The van der Waals surface area contributed by atoms with Crippen LogP contribution < -0.4 is 9.47 Å². The lowest BCUT2D eigenvalue weighted by molar-refractivity contribution is -0.288. The zero-order chi connectivity index (χ0) is 19.0. The minimum atomic E-state index is -2.43. The SMILES string of the molecule is O=C1CC[C@H](O)C2=C[C@H](O)[C@H](O)C3(Oc4cccc5cccc(c45)O3)[C@@]12O. The predicted molar refractivity (Wildman–Crippen MR) is 93.2 cm³/mol. The van der Waals surface area contributed by atoms with Gasteiger partial charge < -0.3 is 29.9 Å². The molecule has 1 fully saturated rings.